The smallest absolute Gasteiger partial charge is 0.512 e. The summed E-state index contributed by atoms with van der Waals surface area (Å²) >= 11 is 6.54. The third-order valence-corrected chi connectivity index (χ3v) is 2.20. The Bertz CT molecular complexity index is 363. The fourth-order valence-electron chi connectivity index (χ4n) is 0.580. The summed E-state index contributed by atoms with van der Waals surface area (Å²) in [5.74, 6) is 0. The Hall–Kier alpha value is -0.831. The molecule has 0 heterocycles. The van der Waals surface area contributed by atoms with Gasteiger partial charge in [0.25, 0.3) is 0 Å². The van der Waals surface area contributed by atoms with E-state index < -0.39 is 0 Å². The Labute approximate surface area is 116 Å². The SMILES string of the molecule is N#Cc1ccc(Br)cc1Br.[C-]#N.[C-]#N.[Cu+2]. The first-order valence-corrected chi connectivity index (χ1v) is 4.62. The van der Waals surface area contributed by atoms with Gasteiger partial charge in [0.2, 0.25) is 0 Å². The number of hydrogen-bond donors (Lipinski definition) is 0. The van der Waals surface area contributed by atoms with Gasteiger partial charge in [0, 0.05) is 8.95 Å². The van der Waals surface area contributed by atoms with Crippen LogP contribution in [0.2, 0.25) is 0 Å². The third kappa shape index (κ3) is 8.18. The Morgan fingerprint density at radius 3 is 1.87 bits per heavy atom. The molecule has 6 heteroatoms. The van der Waals surface area contributed by atoms with E-state index in [0.29, 0.717) is 5.56 Å². The average molecular weight is 376 g/mol. The van der Waals surface area contributed by atoms with E-state index in [2.05, 4.69) is 37.9 Å². The molecule has 0 bridgehead atoms. The molecule has 0 aliphatic heterocycles. The van der Waals surface area contributed by atoms with Gasteiger partial charge >= 0.3 is 17.1 Å². The van der Waals surface area contributed by atoms with E-state index in [1.165, 1.54) is 0 Å². The van der Waals surface area contributed by atoms with Crippen molar-refractivity contribution in [2.45, 2.75) is 0 Å². The molecule has 0 unspecified atom stereocenters. The summed E-state index contributed by atoms with van der Waals surface area (Å²) < 4.78 is 1.79. The molecule has 3 nitrogen and oxygen atoms in total. The van der Waals surface area contributed by atoms with E-state index >= 15 is 0 Å². The first-order valence-electron chi connectivity index (χ1n) is 3.04. The number of benzene rings is 1. The second kappa shape index (κ2) is 13.2. The van der Waals surface area contributed by atoms with E-state index in [9.17, 15) is 0 Å². The number of halogens is 2. The molecule has 1 rings (SSSR count). The molecule has 79 valence electrons. The third-order valence-electron chi connectivity index (χ3n) is 1.05. The Kier molecular flexibility index (Phi) is 17.3. The van der Waals surface area contributed by atoms with Crippen molar-refractivity contribution in [3.05, 3.63) is 45.9 Å². The van der Waals surface area contributed by atoms with Crippen molar-refractivity contribution in [2.24, 2.45) is 0 Å². The van der Waals surface area contributed by atoms with Crippen molar-refractivity contribution in [2.75, 3.05) is 0 Å². The number of rotatable bonds is 0. The van der Waals surface area contributed by atoms with Crippen LogP contribution in [0.15, 0.2) is 27.1 Å². The molecular weight excluding hydrogens is 373 g/mol. The van der Waals surface area contributed by atoms with Crippen molar-refractivity contribution in [3.8, 4) is 6.07 Å². The van der Waals surface area contributed by atoms with E-state index in [-0.39, 0.29) is 17.1 Å². The van der Waals surface area contributed by atoms with Gasteiger partial charge in [0.15, 0.2) is 0 Å². The van der Waals surface area contributed by atoms with Crippen LogP contribution >= 0.6 is 31.9 Å². The molecule has 0 aromatic heterocycles. The van der Waals surface area contributed by atoms with Gasteiger partial charge in [-0.2, -0.15) is 5.26 Å². The predicted molar refractivity (Wildman–Crippen MR) is 56.5 cm³/mol. The summed E-state index contributed by atoms with van der Waals surface area (Å²) in [5.41, 5.74) is 0.656. The second-order valence-corrected chi connectivity index (χ2v) is 3.51. The van der Waals surface area contributed by atoms with Crippen LogP contribution in [0.3, 0.4) is 0 Å². The zero-order valence-corrected chi connectivity index (χ0v) is 11.2. The maximum Gasteiger partial charge on any atom is 2.00 e. The fourth-order valence-corrected chi connectivity index (χ4v) is 1.72. The van der Waals surface area contributed by atoms with Gasteiger partial charge in [0.05, 0.1) is 5.56 Å². The van der Waals surface area contributed by atoms with Crippen LogP contribution < -0.4 is 0 Å². The zero-order valence-electron chi connectivity index (χ0n) is 7.13. The largest absolute Gasteiger partial charge is 2.00 e. The molecule has 0 aliphatic rings. The quantitative estimate of drug-likeness (QED) is 0.515. The number of nitrogens with zero attached hydrogens (tertiary/aromatic N) is 3. The molecule has 0 spiro atoms. The fraction of sp³-hybridized carbons (Fsp3) is 0. The minimum absolute atomic E-state index is 0. The van der Waals surface area contributed by atoms with Gasteiger partial charge in [-0.3, -0.25) is 0 Å². The summed E-state index contributed by atoms with van der Waals surface area (Å²) in [4.78, 5) is 0. The molecule has 0 atom stereocenters. The Morgan fingerprint density at radius 1 is 1.07 bits per heavy atom. The van der Waals surface area contributed by atoms with Crippen molar-refractivity contribution >= 4 is 31.9 Å². The van der Waals surface area contributed by atoms with Crippen molar-refractivity contribution in [3.63, 3.8) is 0 Å². The molecule has 1 radical (unpaired) electrons. The predicted octanol–water partition coefficient (Wildman–Crippen LogP) is 3.27. The monoisotopic (exact) mass is 374 g/mol. The number of hydrogen-bond acceptors (Lipinski definition) is 3. The van der Waals surface area contributed by atoms with Gasteiger partial charge in [-0.25, -0.2) is 0 Å². The summed E-state index contributed by atoms with van der Waals surface area (Å²) in [5, 5.41) is 21.0. The van der Waals surface area contributed by atoms with Crippen LogP contribution in [-0.2, 0) is 17.1 Å². The number of nitriles is 1. The zero-order chi connectivity index (χ0) is 11.6. The molecular formula is C9H3Br2CuN3. The minimum Gasteiger partial charge on any atom is -0.512 e. The van der Waals surface area contributed by atoms with Gasteiger partial charge in [0.1, 0.15) is 6.07 Å². The minimum atomic E-state index is 0. The first-order chi connectivity index (χ1) is 6.74. The molecule has 1 aromatic carbocycles. The van der Waals surface area contributed by atoms with Crippen LogP contribution in [0.25, 0.3) is 0 Å². The molecule has 1 aromatic rings. The Morgan fingerprint density at radius 2 is 1.53 bits per heavy atom. The van der Waals surface area contributed by atoms with Crippen molar-refractivity contribution < 1.29 is 17.1 Å². The summed E-state index contributed by atoms with van der Waals surface area (Å²) in [6, 6.07) is 7.50. The summed E-state index contributed by atoms with van der Waals surface area (Å²) in [6.45, 7) is 9.50. The summed E-state index contributed by atoms with van der Waals surface area (Å²) in [7, 11) is 0. The topological polar surface area (TPSA) is 71.4 Å². The standard InChI is InChI=1S/C7H3Br2N.2CN.Cu/c8-6-2-1-5(4-10)7(9)3-6;2*1-2;/h1-3H;;;/q;2*-1;+2. The van der Waals surface area contributed by atoms with E-state index in [1.807, 2.05) is 12.1 Å². The van der Waals surface area contributed by atoms with Gasteiger partial charge < -0.3 is 23.7 Å². The van der Waals surface area contributed by atoms with Gasteiger partial charge in [-0.1, -0.05) is 15.9 Å². The maximum atomic E-state index is 8.51. The van der Waals surface area contributed by atoms with E-state index in [1.54, 1.807) is 6.07 Å². The normalized spacial score (nSPS) is 6.20. The van der Waals surface area contributed by atoms with Crippen LogP contribution in [0.5, 0.6) is 0 Å². The molecule has 15 heavy (non-hydrogen) atoms. The van der Waals surface area contributed by atoms with Crippen LogP contribution in [0.1, 0.15) is 5.56 Å². The average Bonchev–Trinajstić information content (AvgIpc) is 2.24. The van der Waals surface area contributed by atoms with Gasteiger partial charge in [-0.15, -0.1) is 0 Å². The van der Waals surface area contributed by atoms with Crippen molar-refractivity contribution in [1.29, 1.82) is 15.8 Å². The molecule has 0 aliphatic carbocycles. The van der Waals surface area contributed by atoms with Crippen molar-refractivity contribution in [1.82, 2.24) is 0 Å². The molecule has 0 amide bonds. The Balaban J connectivity index is -0.000000258. The molecule has 0 N–H and O–H groups in total. The van der Waals surface area contributed by atoms with Crippen LogP contribution in [-0.4, -0.2) is 0 Å². The summed E-state index contributed by atoms with van der Waals surface area (Å²) in [6.07, 6.45) is 0. The van der Waals surface area contributed by atoms with E-state index in [0.717, 1.165) is 8.95 Å². The van der Waals surface area contributed by atoms with Crippen LogP contribution in [0.4, 0.5) is 0 Å². The first kappa shape index (κ1) is 19.7. The molecule has 0 saturated carbocycles. The van der Waals surface area contributed by atoms with E-state index in [4.69, 9.17) is 28.9 Å². The van der Waals surface area contributed by atoms with Crippen LogP contribution in [0, 0.1) is 35.0 Å². The van der Waals surface area contributed by atoms with Gasteiger partial charge in [-0.05, 0) is 34.1 Å². The second-order valence-electron chi connectivity index (χ2n) is 1.74. The molecule has 0 saturated heterocycles. The molecule has 0 fully saturated rings. The maximum absolute atomic E-state index is 8.51.